The molecule has 0 amide bonds. The lowest BCUT2D eigenvalue weighted by Crippen LogP contribution is -2.29. The quantitative estimate of drug-likeness (QED) is 0.800. The Morgan fingerprint density at radius 3 is 2.55 bits per heavy atom. The molecule has 1 rings (SSSR count). The van der Waals surface area contributed by atoms with Crippen molar-refractivity contribution in [3.8, 4) is 5.75 Å². The molecule has 3 atom stereocenters. The summed E-state index contributed by atoms with van der Waals surface area (Å²) in [5.41, 5.74) is 2.21. The summed E-state index contributed by atoms with van der Waals surface area (Å²) in [5, 5.41) is 3.56. The Morgan fingerprint density at radius 2 is 2.00 bits per heavy atom. The van der Waals surface area contributed by atoms with Crippen molar-refractivity contribution < 1.29 is 13.7 Å². The molecular weight excluding hydrogens is 274 g/mol. The summed E-state index contributed by atoms with van der Waals surface area (Å²) < 4.78 is 21.9. The molecule has 0 aliphatic carbocycles. The second kappa shape index (κ2) is 8.39. The summed E-state index contributed by atoms with van der Waals surface area (Å²) in [5.74, 6) is 0.839. The van der Waals surface area contributed by atoms with Gasteiger partial charge in [-0.1, -0.05) is 6.07 Å². The second-order valence-electron chi connectivity index (χ2n) is 4.94. The number of benzene rings is 1. The second-order valence-corrected chi connectivity index (χ2v) is 6.75. The van der Waals surface area contributed by atoms with Gasteiger partial charge in [0.1, 0.15) is 5.75 Å². The van der Waals surface area contributed by atoms with Crippen LogP contribution in [0.3, 0.4) is 0 Å². The Hall–Kier alpha value is -0.910. The number of hydrogen-bond donors (Lipinski definition) is 1. The van der Waals surface area contributed by atoms with E-state index in [2.05, 4.69) is 18.3 Å². The molecule has 114 valence electrons. The molecule has 5 heteroatoms. The lowest BCUT2D eigenvalue weighted by Gasteiger charge is -2.18. The molecule has 0 saturated heterocycles. The summed E-state index contributed by atoms with van der Waals surface area (Å²) in [6.07, 6.45) is 1.74. The van der Waals surface area contributed by atoms with Gasteiger partial charge in [0.2, 0.25) is 0 Å². The van der Waals surface area contributed by atoms with Crippen LogP contribution < -0.4 is 10.1 Å². The summed E-state index contributed by atoms with van der Waals surface area (Å²) in [6, 6.07) is 6.29. The minimum atomic E-state index is -0.798. The molecule has 20 heavy (non-hydrogen) atoms. The molecule has 0 aliphatic heterocycles. The van der Waals surface area contributed by atoms with Crippen LogP contribution in [0.1, 0.15) is 31.0 Å². The fourth-order valence-electron chi connectivity index (χ4n) is 1.91. The van der Waals surface area contributed by atoms with E-state index in [1.807, 2.05) is 19.1 Å². The van der Waals surface area contributed by atoms with E-state index >= 15 is 0 Å². The van der Waals surface area contributed by atoms with Gasteiger partial charge in [-0.25, -0.2) is 0 Å². The van der Waals surface area contributed by atoms with E-state index in [9.17, 15) is 4.21 Å². The third-order valence-corrected chi connectivity index (χ3v) is 4.68. The van der Waals surface area contributed by atoms with Crippen molar-refractivity contribution in [1.82, 2.24) is 5.32 Å². The SMILES string of the molecule is COCc1cc(C(C)NCC(C)S(C)=O)ccc1OC. The highest BCUT2D eigenvalue weighted by atomic mass is 32.2. The lowest BCUT2D eigenvalue weighted by atomic mass is 10.0. The Labute approximate surface area is 124 Å². The zero-order valence-electron chi connectivity index (χ0n) is 12.9. The maximum atomic E-state index is 11.4. The average molecular weight is 299 g/mol. The fourth-order valence-corrected chi connectivity index (χ4v) is 2.25. The van der Waals surface area contributed by atoms with Gasteiger partial charge in [0.25, 0.3) is 0 Å². The standard InChI is InChI=1S/C15H25NO3S/c1-11(20(5)17)9-16-12(2)13-6-7-15(19-4)14(8-13)10-18-3/h6-8,11-12,16H,9-10H2,1-5H3. The van der Waals surface area contributed by atoms with Gasteiger partial charge in [0.15, 0.2) is 0 Å². The van der Waals surface area contributed by atoms with Crippen molar-refractivity contribution in [2.24, 2.45) is 0 Å². The van der Waals surface area contributed by atoms with E-state index in [0.29, 0.717) is 6.61 Å². The van der Waals surface area contributed by atoms with Gasteiger partial charge >= 0.3 is 0 Å². The third-order valence-electron chi connectivity index (χ3n) is 3.38. The van der Waals surface area contributed by atoms with Crippen molar-refractivity contribution in [3.05, 3.63) is 29.3 Å². The van der Waals surface area contributed by atoms with Gasteiger partial charge in [-0.2, -0.15) is 0 Å². The van der Waals surface area contributed by atoms with Crippen LogP contribution in [0.4, 0.5) is 0 Å². The maximum Gasteiger partial charge on any atom is 0.124 e. The molecule has 0 aliphatic rings. The van der Waals surface area contributed by atoms with Crippen LogP contribution in [0, 0.1) is 0 Å². The van der Waals surface area contributed by atoms with Crippen molar-refractivity contribution in [1.29, 1.82) is 0 Å². The number of rotatable bonds is 8. The van der Waals surface area contributed by atoms with Gasteiger partial charge in [-0.15, -0.1) is 0 Å². The van der Waals surface area contributed by atoms with Crippen LogP contribution >= 0.6 is 0 Å². The summed E-state index contributed by atoms with van der Waals surface area (Å²) >= 11 is 0. The minimum absolute atomic E-state index is 0.147. The van der Waals surface area contributed by atoms with Crippen molar-refractivity contribution in [2.75, 3.05) is 27.0 Å². The molecule has 0 bridgehead atoms. The van der Waals surface area contributed by atoms with Crippen molar-refractivity contribution >= 4 is 10.8 Å². The molecule has 0 saturated carbocycles. The first-order chi connectivity index (χ1) is 9.49. The van der Waals surface area contributed by atoms with Gasteiger partial charge in [0.05, 0.1) is 13.7 Å². The number of methoxy groups -OCH3 is 2. The summed E-state index contributed by atoms with van der Waals surface area (Å²) in [4.78, 5) is 0. The first-order valence-corrected chi connectivity index (χ1v) is 8.33. The molecule has 4 nitrogen and oxygen atoms in total. The molecule has 0 radical (unpaired) electrons. The van der Waals surface area contributed by atoms with Gasteiger partial charge in [-0.3, -0.25) is 4.21 Å². The molecule has 1 aromatic carbocycles. The lowest BCUT2D eigenvalue weighted by molar-refractivity contribution is 0.181. The molecule has 1 aromatic rings. The van der Waals surface area contributed by atoms with Crippen molar-refractivity contribution in [2.45, 2.75) is 31.7 Å². The number of hydrogen-bond acceptors (Lipinski definition) is 4. The monoisotopic (exact) mass is 299 g/mol. The van der Waals surface area contributed by atoms with E-state index < -0.39 is 10.8 Å². The average Bonchev–Trinajstić information content (AvgIpc) is 2.44. The summed E-state index contributed by atoms with van der Waals surface area (Å²) in [6.45, 7) is 5.35. The van der Waals surface area contributed by atoms with E-state index in [1.54, 1.807) is 20.5 Å². The van der Waals surface area contributed by atoms with Crippen LogP contribution in [0.2, 0.25) is 0 Å². The first kappa shape index (κ1) is 17.1. The van der Waals surface area contributed by atoms with Crippen LogP contribution in [0.15, 0.2) is 18.2 Å². The minimum Gasteiger partial charge on any atom is -0.496 e. The van der Waals surface area contributed by atoms with Crippen molar-refractivity contribution in [3.63, 3.8) is 0 Å². The van der Waals surface area contributed by atoms with Crippen LogP contribution in [-0.2, 0) is 22.1 Å². The smallest absolute Gasteiger partial charge is 0.124 e. The highest BCUT2D eigenvalue weighted by Crippen LogP contribution is 2.24. The summed E-state index contributed by atoms with van der Waals surface area (Å²) in [7, 11) is 2.54. The van der Waals surface area contributed by atoms with Crippen LogP contribution in [0.25, 0.3) is 0 Å². The number of ether oxygens (including phenoxy) is 2. The van der Waals surface area contributed by atoms with E-state index in [4.69, 9.17) is 9.47 Å². The predicted molar refractivity (Wildman–Crippen MR) is 83.7 cm³/mol. The molecule has 1 N–H and O–H groups in total. The van der Waals surface area contributed by atoms with E-state index in [-0.39, 0.29) is 11.3 Å². The maximum absolute atomic E-state index is 11.4. The highest BCUT2D eigenvalue weighted by molar-refractivity contribution is 7.84. The Kier molecular flexibility index (Phi) is 7.19. The van der Waals surface area contributed by atoms with Gasteiger partial charge in [-0.05, 0) is 31.5 Å². The molecule has 0 fully saturated rings. The van der Waals surface area contributed by atoms with E-state index in [1.165, 1.54) is 5.56 Å². The molecule has 3 unspecified atom stereocenters. The molecule has 0 spiro atoms. The largest absolute Gasteiger partial charge is 0.496 e. The van der Waals surface area contributed by atoms with Crippen LogP contribution in [-0.4, -0.2) is 36.5 Å². The molecule has 0 aromatic heterocycles. The van der Waals surface area contributed by atoms with Gasteiger partial charge < -0.3 is 14.8 Å². The van der Waals surface area contributed by atoms with Gasteiger partial charge in [0, 0.05) is 47.6 Å². The first-order valence-electron chi connectivity index (χ1n) is 6.71. The van der Waals surface area contributed by atoms with E-state index in [0.717, 1.165) is 17.9 Å². The Bertz CT molecular complexity index is 451. The molecular formula is C15H25NO3S. The molecule has 0 heterocycles. The zero-order valence-corrected chi connectivity index (χ0v) is 13.8. The fraction of sp³-hybridized carbons (Fsp3) is 0.600. The highest BCUT2D eigenvalue weighted by Gasteiger charge is 2.12. The normalized spacial score (nSPS) is 15.7. The topological polar surface area (TPSA) is 47.6 Å². The Morgan fingerprint density at radius 1 is 1.30 bits per heavy atom. The zero-order chi connectivity index (χ0) is 15.1. The Balaban J connectivity index is 2.75. The van der Waals surface area contributed by atoms with Crippen LogP contribution in [0.5, 0.6) is 5.75 Å². The third kappa shape index (κ3) is 4.89. The number of nitrogens with one attached hydrogen (secondary N) is 1. The predicted octanol–water partition coefficient (Wildman–Crippen LogP) is 2.26.